The lowest BCUT2D eigenvalue weighted by molar-refractivity contribution is -0.143. The maximum absolute atomic E-state index is 12.8. The Morgan fingerprint density at radius 3 is 2.31 bits per heavy atom. The molecular formula is C19H23N3O7. The lowest BCUT2D eigenvalue weighted by atomic mass is 10.2. The number of carbonyl (C=O) groups is 4. The number of rotatable bonds is 7. The van der Waals surface area contributed by atoms with Crippen molar-refractivity contribution in [1.82, 2.24) is 9.80 Å². The molecule has 3 rings (SSSR count). The van der Waals surface area contributed by atoms with Crippen LogP contribution in [0.25, 0.3) is 0 Å². The van der Waals surface area contributed by atoms with Crippen LogP contribution in [0.2, 0.25) is 0 Å². The Kier molecular flexibility index (Phi) is 6.32. The fourth-order valence-corrected chi connectivity index (χ4v) is 3.10. The van der Waals surface area contributed by atoms with E-state index in [1.807, 2.05) is 6.92 Å². The number of hydrogen-bond donors (Lipinski definition) is 0. The standard InChI is InChI=1S/C19H23N3O7/c1-3-28-14-6-5-13(11-15(14)29-4-2)22-18(25)17(24)21(19(22)26)12-16(23)20-7-9-27-10-8-20/h5-6,11H,3-4,7-10,12H2,1-2H3. The molecule has 2 aliphatic rings. The highest BCUT2D eigenvalue weighted by Crippen LogP contribution is 2.34. The zero-order chi connectivity index (χ0) is 21.0. The van der Waals surface area contributed by atoms with E-state index in [1.165, 1.54) is 17.0 Å². The van der Waals surface area contributed by atoms with E-state index in [2.05, 4.69) is 0 Å². The predicted molar refractivity (Wildman–Crippen MR) is 101 cm³/mol. The summed E-state index contributed by atoms with van der Waals surface area (Å²) in [5.74, 6) is -1.66. The minimum absolute atomic E-state index is 0.168. The van der Waals surface area contributed by atoms with E-state index in [0.29, 0.717) is 55.9 Å². The van der Waals surface area contributed by atoms with Gasteiger partial charge in [-0.3, -0.25) is 14.4 Å². The van der Waals surface area contributed by atoms with Crippen molar-refractivity contribution in [2.45, 2.75) is 13.8 Å². The van der Waals surface area contributed by atoms with Gasteiger partial charge in [-0.15, -0.1) is 0 Å². The van der Waals surface area contributed by atoms with Gasteiger partial charge in [0.2, 0.25) is 5.91 Å². The second kappa shape index (κ2) is 8.91. The Morgan fingerprint density at radius 1 is 1.00 bits per heavy atom. The van der Waals surface area contributed by atoms with Crippen molar-refractivity contribution >= 4 is 29.4 Å². The lowest BCUT2D eigenvalue weighted by Gasteiger charge is -2.28. The number of hydrogen-bond acceptors (Lipinski definition) is 7. The summed E-state index contributed by atoms with van der Waals surface area (Å²) in [6.07, 6.45) is 0. The number of amides is 5. The zero-order valence-electron chi connectivity index (χ0n) is 16.4. The summed E-state index contributed by atoms with van der Waals surface area (Å²) in [4.78, 5) is 52.9. The summed E-state index contributed by atoms with van der Waals surface area (Å²) in [6, 6.07) is 3.65. The van der Waals surface area contributed by atoms with Crippen LogP contribution in [-0.4, -0.2) is 79.6 Å². The minimum atomic E-state index is -1.04. The molecule has 1 aromatic carbocycles. The Morgan fingerprint density at radius 2 is 1.66 bits per heavy atom. The van der Waals surface area contributed by atoms with Gasteiger partial charge in [0.25, 0.3) is 0 Å². The van der Waals surface area contributed by atoms with Gasteiger partial charge < -0.3 is 19.1 Å². The number of morpholine rings is 1. The Bertz CT molecular complexity index is 820. The molecule has 0 bridgehead atoms. The summed E-state index contributed by atoms with van der Waals surface area (Å²) in [7, 11) is 0. The second-order valence-electron chi connectivity index (χ2n) is 6.30. The number of anilines is 1. The van der Waals surface area contributed by atoms with Gasteiger partial charge in [-0.1, -0.05) is 0 Å². The van der Waals surface area contributed by atoms with Gasteiger partial charge in [-0.05, 0) is 26.0 Å². The largest absolute Gasteiger partial charge is 0.490 e. The molecule has 10 nitrogen and oxygen atoms in total. The third kappa shape index (κ3) is 4.16. The molecule has 0 atom stereocenters. The van der Waals surface area contributed by atoms with E-state index in [9.17, 15) is 19.2 Å². The van der Waals surface area contributed by atoms with Crippen molar-refractivity contribution in [3.8, 4) is 11.5 Å². The molecule has 0 aromatic heterocycles. The quantitative estimate of drug-likeness (QED) is 0.484. The van der Waals surface area contributed by atoms with Crippen LogP contribution in [0.3, 0.4) is 0 Å². The molecule has 2 heterocycles. The first-order valence-electron chi connectivity index (χ1n) is 9.43. The van der Waals surface area contributed by atoms with Crippen LogP contribution in [0.5, 0.6) is 11.5 Å². The van der Waals surface area contributed by atoms with Crippen LogP contribution in [0.15, 0.2) is 18.2 Å². The number of ether oxygens (including phenoxy) is 3. The summed E-state index contributed by atoms with van der Waals surface area (Å²) >= 11 is 0. The molecule has 0 unspecified atom stereocenters. The van der Waals surface area contributed by atoms with E-state index < -0.39 is 30.3 Å². The zero-order valence-corrected chi connectivity index (χ0v) is 16.4. The van der Waals surface area contributed by atoms with Crippen LogP contribution in [0.4, 0.5) is 10.5 Å². The third-order valence-electron chi connectivity index (χ3n) is 4.50. The molecule has 2 aliphatic heterocycles. The summed E-state index contributed by atoms with van der Waals surface area (Å²) < 4.78 is 16.2. The van der Waals surface area contributed by atoms with Crippen LogP contribution in [0.1, 0.15) is 13.8 Å². The number of benzene rings is 1. The maximum Gasteiger partial charge on any atom is 0.339 e. The van der Waals surface area contributed by atoms with Gasteiger partial charge in [-0.25, -0.2) is 14.6 Å². The molecule has 0 spiro atoms. The molecule has 0 saturated carbocycles. The first-order valence-corrected chi connectivity index (χ1v) is 9.43. The van der Waals surface area contributed by atoms with Gasteiger partial charge in [0.1, 0.15) is 6.54 Å². The maximum atomic E-state index is 12.8. The van der Waals surface area contributed by atoms with Crippen molar-refractivity contribution in [2.24, 2.45) is 0 Å². The fraction of sp³-hybridized carbons (Fsp3) is 0.474. The normalized spacial score (nSPS) is 17.2. The van der Waals surface area contributed by atoms with E-state index in [1.54, 1.807) is 13.0 Å². The van der Waals surface area contributed by atoms with Crippen LogP contribution >= 0.6 is 0 Å². The number of urea groups is 1. The molecule has 10 heteroatoms. The van der Waals surface area contributed by atoms with Crippen LogP contribution in [-0.2, 0) is 19.1 Å². The smallest absolute Gasteiger partial charge is 0.339 e. The van der Waals surface area contributed by atoms with Crippen molar-refractivity contribution < 1.29 is 33.4 Å². The first-order chi connectivity index (χ1) is 14.0. The van der Waals surface area contributed by atoms with Crippen LogP contribution < -0.4 is 14.4 Å². The lowest BCUT2D eigenvalue weighted by Crippen LogP contribution is -2.47. The average molecular weight is 405 g/mol. The SMILES string of the molecule is CCOc1ccc(N2C(=O)C(=O)N(CC(=O)N3CCOCC3)C2=O)cc1OCC. The van der Waals surface area contributed by atoms with Gasteiger partial charge in [-0.2, -0.15) is 0 Å². The highest BCUT2D eigenvalue weighted by molar-refractivity contribution is 6.53. The minimum Gasteiger partial charge on any atom is -0.490 e. The fourth-order valence-electron chi connectivity index (χ4n) is 3.10. The topological polar surface area (TPSA) is 106 Å². The van der Waals surface area contributed by atoms with Crippen molar-refractivity contribution in [3.05, 3.63) is 18.2 Å². The molecule has 2 saturated heterocycles. The van der Waals surface area contributed by atoms with Crippen molar-refractivity contribution in [1.29, 1.82) is 0 Å². The van der Waals surface area contributed by atoms with E-state index in [0.717, 1.165) is 4.90 Å². The number of imide groups is 2. The Labute approximate surface area is 167 Å². The summed E-state index contributed by atoms with van der Waals surface area (Å²) in [5.41, 5.74) is 0.168. The third-order valence-corrected chi connectivity index (χ3v) is 4.50. The highest BCUT2D eigenvalue weighted by Gasteiger charge is 2.46. The van der Waals surface area contributed by atoms with Gasteiger partial charge in [0.15, 0.2) is 11.5 Å². The second-order valence-corrected chi connectivity index (χ2v) is 6.30. The predicted octanol–water partition coefficient (Wildman–Crippen LogP) is 0.638. The van der Waals surface area contributed by atoms with E-state index in [4.69, 9.17) is 14.2 Å². The van der Waals surface area contributed by atoms with Crippen LogP contribution in [0, 0.1) is 0 Å². The van der Waals surface area contributed by atoms with Crippen molar-refractivity contribution in [2.75, 3.05) is 51.0 Å². The molecular weight excluding hydrogens is 382 g/mol. The van der Waals surface area contributed by atoms with Gasteiger partial charge in [0, 0.05) is 19.2 Å². The molecule has 0 aliphatic carbocycles. The first kappa shape index (κ1) is 20.6. The van der Waals surface area contributed by atoms with Crippen molar-refractivity contribution in [3.63, 3.8) is 0 Å². The monoisotopic (exact) mass is 405 g/mol. The number of carbonyl (C=O) groups excluding carboxylic acids is 4. The van der Waals surface area contributed by atoms with Gasteiger partial charge >= 0.3 is 17.8 Å². The number of nitrogens with zero attached hydrogens (tertiary/aromatic N) is 3. The molecule has 0 N–H and O–H groups in total. The van der Waals surface area contributed by atoms with E-state index in [-0.39, 0.29) is 5.69 Å². The summed E-state index contributed by atoms with van der Waals surface area (Å²) in [6.45, 7) is 5.43. The molecule has 156 valence electrons. The Hall–Kier alpha value is -3.14. The molecule has 1 aromatic rings. The van der Waals surface area contributed by atoms with E-state index >= 15 is 0 Å². The molecule has 29 heavy (non-hydrogen) atoms. The van der Waals surface area contributed by atoms with Gasteiger partial charge in [0.05, 0.1) is 32.1 Å². The molecule has 0 radical (unpaired) electrons. The highest BCUT2D eigenvalue weighted by atomic mass is 16.5. The molecule has 2 fully saturated rings. The Balaban J connectivity index is 1.81. The average Bonchev–Trinajstić information content (AvgIpc) is 2.93. The summed E-state index contributed by atoms with van der Waals surface area (Å²) in [5, 5.41) is 0. The molecule has 5 amide bonds.